The Labute approximate surface area is 147 Å². The largest absolute Gasteiger partial charge is 0.467 e. The van der Waals surface area contributed by atoms with Gasteiger partial charge in [0.25, 0.3) is 5.56 Å². The fourth-order valence-corrected chi connectivity index (χ4v) is 3.32. The van der Waals surface area contributed by atoms with E-state index in [-0.39, 0.29) is 24.2 Å². The van der Waals surface area contributed by atoms with Crippen molar-refractivity contribution in [2.24, 2.45) is 13.0 Å². The van der Waals surface area contributed by atoms with Gasteiger partial charge in [0.2, 0.25) is 0 Å². The second-order valence-electron chi connectivity index (χ2n) is 6.88. The van der Waals surface area contributed by atoms with E-state index in [1.54, 1.807) is 23.9 Å². The summed E-state index contributed by atoms with van der Waals surface area (Å²) in [6.07, 6.45) is 3.49. The Hall–Kier alpha value is -2.50. The molecule has 2 atom stereocenters. The van der Waals surface area contributed by atoms with Crippen molar-refractivity contribution in [3.8, 4) is 0 Å². The smallest absolute Gasteiger partial charge is 0.318 e. The number of nitrogens with one attached hydrogen (secondary N) is 1. The van der Waals surface area contributed by atoms with E-state index in [4.69, 9.17) is 4.42 Å². The van der Waals surface area contributed by atoms with E-state index in [2.05, 4.69) is 12.2 Å². The highest BCUT2D eigenvalue weighted by molar-refractivity contribution is 5.74. The van der Waals surface area contributed by atoms with Crippen LogP contribution in [0.3, 0.4) is 0 Å². The number of nitrogens with zero attached hydrogens (tertiary/aromatic N) is 2. The first-order chi connectivity index (χ1) is 12.0. The fourth-order valence-electron chi connectivity index (χ4n) is 3.32. The molecule has 0 spiro atoms. The quantitative estimate of drug-likeness (QED) is 0.932. The molecular formula is C19H25N3O3. The van der Waals surface area contributed by atoms with E-state index in [1.165, 1.54) is 0 Å². The molecular weight excluding hydrogens is 318 g/mol. The van der Waals surface area contributed by atoms with Crippen LogP contribution in [0.4, 0.5) is 4.79 Å². The van der Waals surface area contributed by atoms with Crippen molar-refractivity contribution in [1.29, 1.82) is 0 Å². The predicted octanol–water partition coefficient (Wildman–Crippen LogP) is 2.97. The van der Waals surface area contributed by atoms with Gasteiger partial charge in [-0.25, -0.2) is 4.79 Å². The summed E-state index contributed by atoms with van der Waals surface area (Å²) in [5.41, 5.74) is 1.40. The minimum Gasteiger partial charge on any atom is -0.467 e. The van der Waals surface area contributed by atoms with Gasteiger partial charge in [-0.05, 0) is 43.9 Å². The maximum atomic E-state index is 12.7. The number of furan rings is 1. The number of hydrogen-bond donors (Lipinski definition) is 1. The first-order valence-electron chi connectivity index (χ1n) is 8.70. The highest BCUT2D eigenvalue weighted by Gasteiger charge is 2.32. The van der Waals surface area contributed by atoms with Crippen LogP contribution in [0.2, 0.25) is 0 Å². The molecule has 0 radical (unpaired) electrons. The van der Waals surface area contributed by atoms with Gasteiger partial charge < -0.3 is 19.2 Å². The average Bonchev–Trinajstić information content (AvgIpc) is 3.13. The number of amides is 2. The van der Waals surface area contributed by atoms with E-state index in [0.29, 0.717) is 18.0 Å². The van der Waals surface area contributed by atoms with Crippen LogP contribution in [0, 0.1) is 12.8 Å². The third-order valence-electron chi connectivity index (χ3n) is 5.06. The summed E-state index contributed by atoms with van der Waals surface area (Å²) in [5, 5.41) is 2.89. The summed E-state index contributed by atoms with van der Waals surface area (Å²) >= 11 is 0. The molecule has 3 heterocycles. The lowest BCUT2D eigenvalue weighted by atomic mass is 9.91. The van der Waals surface area contributed by atoms with Crippen LogP contribution < -0.4 is 10.9 Å². The third kappa shape index (κ3) is 3.62. The number of carbonyl (C=O) groups is 1. The van der Waals surface area contributed by atoms with E-state index >= 15 is 0 Å². The van der Waals surface area contributed by atoms with Crippen molar-refractivity contribution in [3.05, 3.63) is 57.9 Å². The summed E-state index contributed by atoms with van der Waals surface area (Å²) in [6, 6.07) is 7.21. The molecule has 1 aliphatic rings. The van der Waals surface area contributed by atoms with Crippen LogP contribution in [0.5, 0.6) is 0 Å². The molecule has 2 aromatic heterocycles. The molecule has 0 saturated carbocycles. The zero-order valence-corrected chi connectivity index (χ0v) is 15.0. The van der Waals surface area contributed by atoms with Gasteiger partial charge in [-0.1, -0.05) is 13.0 Å². The monoisotopic (exact) mass is 343 g/mol. The Kier molecular flexibility index (Phi) is 4.97. The van der Waals surface area contributed by atoms with Crippen LogP contribution in [-0.2, 0) is 13.6 Å². The molecule has 0 aromatic carbocycles. The Bertz CT molecular complexity index is 795. The molecule has 2 unspecified atom stereocenters. The van der Waals surface area contributed by atoms with Gasteiger partial charge >= 0.3 is 6.03 Å². The first kappa shape index (κ1) is 17.3. The second-order valence-corrected chi connectivity index (χ2v) is 6.88. The van der Waals surface area contributed by atoms with Gasteiger partial charge in [-0.3, -0.25) is 4.79 Å². The van der Waals surface area contributed by atoms with Crippen LogP contribution >= 0.6 is 0 Å². The van der Waals surface area contributed by atoms with Crippen molar-refractivity contribution in [3.63, 3.8) is 0 Å². The van der Waals surface area contributed by atoms with E-state index in [0.717, 1.165) is 24.3 Å². The number of piperidine rings is 1. The summed E-state index contributed by atoms with van der Waals surface area (Å²) in [4.78, 5) is 26.8. The highest BCUT2D eigenvalue weighted by Crippen LogP contribution is 2.34. The number of hydrogen-bond acceptors (Lipinski definition) is 3. The molecule has 6 nitrogen and oxygen atoms in total. The molecule has 6 heteroatoms. The van der Waals surface area contributed by atoms with Crippen LogP contribution in [0.1, 0.15) is 42.8 Å². The van der Waals surface area contributed by atoms with Gasteiger partial charge in [-0.15, -0.1) is 0 Å². The Balaban J connectivity index is 1.71. The first-order valence-corrected chi connectivity index (χ1v) is 8.70. The summed E-state index contributed by atoms with van der Waals surface area (Å²) in [6.45, 7) is 4.99. The SMILES string of the molecule is Cc1ccc(CNC(=O)N2CCC(C)CC2c2ccco2)c(=O)n1C. The molecule has 25 heavy (non-hydrogen) atoms. The van der Waals surface area contributed by atoms with Crippen molar-refractivity contribution >= 4 is 6.03 Å². The highest BCUT2D eigenvalue weighted by atomic mass is 16.3. The average molecular weight is 343 g/mol. The van der Waals surface area contributed by atoms with Crippen LogP contribution in [0.15, 0.2) is 39.7 Å². The molecule has 0 bridgehead atoms. The van der Waals surface area contributed by atoms with Gasteiger partial charge in [0, 0.05) is 31.4 Å². The molecule has 1 aliphatic heterocycles. The van der Waals surface area contributed by atoms with Gasteiger partial charge in [0.15, 0.2) is 0 Å². The molecule has 2 aromatic rings. The lowest BCUT2D eigenvalue weighted by molar-refractivity contribution is 0.119. The minimum absolute atomic E-state index is 0.0559. The maximum Gasteiger partial charge on any atom is 0.318 e. The Morgan fingerprint density at radius 1 is 1.36 bits per heavy atom. The maximum absolute atomic E-state index is 12.7. The van der Waals surface area contributed by atoms with E-state index < -0.39 is 0 Å². The number of urea groups is 1. The van der Waals surface area contributed by atoms with Crippen molar-refractivity contribution in [2.75, 3.05) is 6.54 Å². The lowest BCUT2D eigenvalue weighted by Gasteiger charge is -2.37. The zero-order chi connectivity index (χ0) is 18.0. The van der Waals surface area contributed by atoms with Gasteiger partial charge in [0.05, 0.1) is 12.3 Å². The van der Waals surface area contributed by atoms with Gasteiger partial charge in [-0.2, -0.15) is 0 Å². The molecule has 1 N–H and O–H groups in total. The summed E-state index contributed by atoms with van der Waals surface area (Å²) in [5.74, 6) is 1.36. The number of likely N-dealkylation sites (tertiary alicyclic amines) is 1. The van der Waals surface area contributed by atoms with E-state index in [1.807, 2.05) is 30.0 Å². The summed E-state index contributed by atoms with van der Waals surface area (Å²) in [7, 11) is 1.74. The van der Waals surface area contributed by atoms with Crippen LogP contribution in [-0.4, -0.2) is 22.0 Å². The molecule has 0 aliphatic carbocycles. The second kappa shape index (κ2) is 7.17. The molecule has 2 amide bonds. The predicted molar refractivity (Wildman–Crippen MR) is 95.2 cm³/mol. The number of aryl methyl sites for hydroxylation is 1. The van der Waals surface area contributed by atoms with Crippen molar-refractivity contribution < 1.29 is 9.21 Å². The summed E-state index contributed by atoms with van der Waals surface area (Å²) < 4.78 is 7.13. The lowest BCUT2D eigenvalue weighted by Crippen LogP contribution is -2.46. The Morgan fingerprint density at radius 2 is 2.16 bits per heavy atom. The number of rotatable bonds is 3. The number of pyridine rings is 1. The van der Waals surface area contributed by atoms with Gasteiger partial charge in [0.1, 0.15) is 5.76 Å². The van der Waals surface area contributed by atoms with Crippen LogP contribution in [0.25, 0.3) is 0 Å². The third-order valence-corrected chi connectivity index (χ3v) is 5.06. The number of aromatic nitrogens is 1. The van der Waals surface area contributed by atoms with Crippen molar-refractivity contribution in [2.45, 2.75) is 39.3 Å². The topological polar surface area (TPSA) is 67.5 Å². The number of carbonyl (C=O) groups excluding carboxylic acids is 1. The molecule has 1 fully saturated rings. The zero-order valence-electron chi connectivity index (χ0n) is 15.0. The molecule has 1 saturated heterocycles. The van der Waals surface area contributed by atoms with Crippen molar-refractivity contribution in [1.82, 2.24) is 14.8 Å². The normalized spacial score (nSPS) is 20.5. The standard InChI is InChI=1S/C19H25N3O3/c1-13-8-9-22(16(11-13)17-5-4-10-25-17)19(24)20-12-15-7-6-14(2)21(3)18(15)23/h4-7,10,13,16H,8-9,11-12H2,1-3H3,(H,20,24). The Morgan fingerprint density at radius 3 is 2.88 bits per heavy atom. The van der Waals surface area contributed by atoms with E-state index in [9.17, 15) is 9.59 Å². The fraction of sp³-hybridized carbons (Fsp3) is 0.474. The molecule has 134 valence electrons. The minimum atomic E-state index is -0.157. The molecule has 3 rings (SSSR count).